The molecule has 5 heteroatoms. The fraction of sp³-hybridized carbons (Fsp3) is 0.385. The normalized spacial score (nSPS) is 20.3. The van der Waals surface area contributed by atoms with Crippen molar-refractivity contribution in [2.75, 3.05) is 7.05 Å². The predicted octanol–water partition coefficient (Wildman–Crippen LogP) is 5.99. The van der Waals surface area contributed by atoms with Gasteiger partial charge in [-0.15, -0.1) is 0 Å². The summed E-state index contributed by atoms with van der Waals surface area (Å²) in [4.78, 5) is 20.0. The Morgan fingerprint density at radius 3 is 2.65 bits per heavy atom. The van der Waals surface area contributed by atoms with Crippen LogP contribution in [0.1, 0.15) is 56.1 Å². The number of nitrogens with zero attached hydrogens (tertiary/aromatic N) is 3. The van der Waals surface area contributed by atoms with Crippen molar-refractivity contribution in [2.24, 2.45) is 0 Å². The molecule has 160 valence electrons. The smallest absolute Gasteiger partial charge is 0.222 e. The van der Waals surface area contributed by atoms with E-state index in [0.29, 0.717) is 18.9 Å². The fourth-order valence-electron chi connectivity index (χ4n) is 5.54. The van der Waals surface area contributed by atoms with Crippen molar-refractivity contribution < 1.29 is 4.79 Å². The number of hydrogen-bond acceptors (Lipinski definition) is 2. The molecule has 2 aliphatic rings. The summed E-state index contributed by atoms with van der Waals surface area (Å²) < 4.78 is 3.33. The molecule has 1 fully saturated rings. The van der Waals surface area contributed by atoms with Crippen LogP contribution < -0.4 is 0 Å². The molecule has 31 heavy (non-hydrogen) atoms. The van der Waals surface area contributed by atoms with Gasteiger partial charge in [-0.1, -0.05) is 71.6 Å². The first-order valence-electron chi connectivity index (χ1n) is 11.3. The van der Waals surface area contributed by atoms with Crippen LogP contribution in [0.15, 0.2) is 65.4 Å². The van der Waals surface area contributed by atoms with Crippen LogP contribution in [0.3, 0.4) is 0 Å². The lowest BCUT2D eigenvalue weighted by Crippen LogP contribution is -2.40. The van der Waals surface area contributed by atoms with E-state index in [-0.39, 0.29) is 5.91 Å². The standard InChI is InChI=1S/C26H28BrN3O/c1-29(21-7-3-2-4-8-21)24(31)15-16-26(19-11-13-20(27)14-12-19)23-10-6-5-9-22(23)25-28-17-18-30(25)26/h5-6,9-14,17-18,21H,2-4,7-8,15-16H2,1H3. The van der Waals surface area contributed by atoms with Crippen molar-refractivity contribution in [1.29, 1.82) is 0 Å². The monoisotopic (exact) mass is 477 g/mol. The van der Waals surface area contributed by atoms with Crippen LogP contribution in [0.4, 0.5) is 0 Å². The predicted molar refractivity (Wildman–Crippen MR) is 127 cm³/mol. The number of hydrogen-bond donors (Lipinski definition) is 0. The molecule has 1 saturated carbocycles. The van der Waals surface area contributed by atoms with Crippen molar-refractivity contribution in [1.82, 2.24) is 14.5 Å². The number of halogens is 1. The molecule has 0 N–H and O–H groups in total. The highest BCUT2D eigenvalue weighted by Gasteiger charge is 2.45. The summed E-state index contributed by atoms with van der Waals surface area (Å²) in [5, 5.41) is 0. The Labute approximate surface area is 192 Å². The highest BCUT2D eigenvalue weighted by atomic mass is 79.9. The Morgan fingerprint density at radius 1 is 1.13 bits per heavy atom. The molecule has 2 heterocycles. The first-order valence-corrected chi connectivity index (χ1v) is 12.1. The molecule has 3 aromatic rings. The molecular formula is C26H28BrN3O. The molecule has 4 nitrogen and oxygen atoms in total. The zero-order chi connectivity index (χ0) is 21.4. The number of carbonyl (C=O) groups is 1. The summed E-state index contributed by atoms with van der Waals surface area (Å²) in [7, 11) is 2.00. The number of fused-ring (bicyclic) bond motifs is 3. The molecule has 1 aliphatic heterocycles. The molecule has 5 rings (SSSR count). The van der Waals surface area contributed by atoms with Gasteiger partial charge in [0, 0.05) is 41.9 Å². The average molecular weight is 478 g/mol. The highest BCUT2D eigenvalue weighted by molar-refractivity contribution is 9.10. The quantitative estimate of drug-likeness (QED) is 0.452. The Hall–Kier alpha value is -2.40. The van der Waals surface area contributed by atoms with Crippen LogP contribution in [-0.4, -0.2) is 33.4 Å². The number of aromatic nitrogens is 2. The molecule has 2 aromatic carbocycles. The van der Waals surface area contributed by atoms with Crippen LogP contribution in [0, 0.1) is 0 Å². The topological polar surface area (TPSA) is 38.1 Å². The largest absolute Gasteiger partial charge is 0.343 e. The summed E-state index contributed by atoms with van der Waals surface area (Å²) in [5.41, 5.74) is 3.15. The minimum atomic E-state index is -0.424. The van der Waals surface area contributed by atoms with E-state index in [2.05, 4.69) is 80.2 Å². The summed E-state index contributed by atoms with van der Waals surface area (Å²) in [6, 6.07) is 17.4. The maximum Gasteiger partial charge on any atom is 0.222 e. The Balaban J connectivity index is 1.52. The van der Waals surface area contributed by atoms with Crippen molar-refractivity contribution >= 4 is 21.8 Å². The fourth-order valence-corrected chi connectivity index (χ4v) is 5.80. The third-order valence-corrected chi connectivity index (χ3v) is 7.73. The third-order valence-electron chi connectivity index (χ3n) is 7.20. The summed E-state index contributed by atoms with van der Waals surface area (Å²) >= 11 is 3.57. The van der Waals surface area contributed by atoms with E-state index in [1.807, 2.05) is 18.1 Å². The second-order valence-electron chi connectivity index (χ2n) is 8.83. The van der Waals surface area contributed by atoms with Gasteiger partial charge in [-0.05, 0) is 42.5 Å². The van der Waals surface area contributed by atoms with Gasteiger partial charge in [-0.2, -0.15) is 0 Å². The van der Waals surface area contributed by atoms with E-state index in [9.17, 15) is 4.79 Å². The first-order chi connectivity index (χ1) is 15.1. The van der Waals surface area contributed by atoms with Crippen LogP contribution >= 0.6 is 15.9 Å². The van der Waals surface area contributed by atoms with Crippen molar-refractivity contribution in [3.63, 3.8) is 0 Å². The van der Waals surface area contributed by atoms with Crippen molar-refractivity contribution in [3.8, 4) is 11.4 Å². The van der Waals surface area contributed by atoms with E-state index >= 15 is 0 Å². The van der Waals surface area contributed by atoms with Gasteiger partial charge in [0.1, 0.15) is 5.82 Å². The van der Waals surface area contributed by atoms with Gasteiger partial charge in [-0.25, -0.2) is 4.98 Å². The van der Waals surface area contributed by atoms with Gasteiger partial charge in [0.2, 0.25) is 5.91 Å². The van der Waals surface area contributed by atoms with Gasteiger partial charge in [0.25, 0.3) is 0 Å². The maximum atomic E-state index is 13.3. The lowest BCUT2D eigenvalue weighted by Gasteiger charge is -2.35. The third kappa shape index (κ3) is 3.43. The Bertz CT molecular complexity index is 1080. The number of carbonyl (C=O) groups excluding carboxylic acids is 1. The second-order valence-corrected chi connectivity index (χ2v) is 9.75. The zero-order valence-corrected chi connectivity index (χ0v) is 19.5. The molecule has 0 saturated heterocycles. The Kier molecular flexibility index (Phi) is 5.47. The molecule has 1 aliphatic carbocycles. The first kappa shape index (κ1) is 20.5. The molecule has 1 aromatic heterocycles. The van der Waals surface area contributed by atoms with Gasteiger partial charge in [-0.3, -0.25) is 4.79 Å². The molecule has 1 unspecified atom stereocenters. The molecule has 0 radical (unpaired) electrons. The summed E-state index contributed by atoms with van der Waals surface area (Å²) in [6.45, 7) is 0. The number of amides is 1. The molecule has 0 bridgehead atoms. The van der Waals surface area contributed by atoms with E-state index in [1.165, 1.54) is 30.4 Å². The lowest BCUT2D eigenvalue weighted by molar-refractivity contribution is -0.132. The van der Waals surface area contributed by atoms with Gasteiger partial charge >= 0.3 is 0 Å². The zero-order valence-electron chi connectivity index (χ0n) is 17.9. The summed E-state index contributed by atoms with van der Waals surface area (Å²) in [6.07, 6.45) is 11.2. The van der Waals surface area contributed by atoms with E-state index < -0.39 is 5.54 Å². The van der Waals surface area contributed by atoms with E-state index in [0.717, 1.165) is 28.7 Å². The Morgan fingerprint density at radius 2 is 1.87 bits per heavy atom. The van der Waals surface area contributed by atoms with E-state index in [1.54, 1.807) is 0 Å². The van der Waals surface area contributed by atoms with Gasteiger partial charge in [0.05, 0.1) is 5.54 Å². The van der Waals surface area contributed by atoms with Gasteiger partial charge in [0.15, 0.2) is 0 Å². The number of rotatable bonds is 5. The van der Waals surface area contributed by atoms with Gasteiger partial charge < -0.3 is 9.47 Å². The van der Waals surface area contributed by atoms with Crippen LogP contribution in [0.25, 0.3) is 11.4 Å². The number of benzene rings is 2. The van der Waals surface area contributed by atoms with Crippen LogP contribution in [0.2, 0.25) is 0 Å². The molecular weight excluding hydrogens is 450 g/mol. The minimum absolute atomic E-state index is 0.245. The highest BCUT2D eigenvalue weighted by Crippen LogP contribution is 2.49. The minimum Gasteiger partial charge on any atom is -0.343 e. The molecule has 0 spiro atoms. The lowest BCUT2D eigenvalue weighted by atomic mass is 9.79. The van der Waals surface area contributed by atoms with E-state index in [4.69, 9.17) is 0 Å². The van der Waals surface area contributed by atoms with Crippen molar-refractivity contribution in [3.05, 3.63) is 76.5 Å². The molecule has 1 amide bonds. The molecule has 1 atom stereocenters. The summed E-state index contributed by atoms with van der Waals surface area (Å²) in [5.74, 6) is 1.22. The van der Waals surface area contributed by atoms with Crippen molar-refractivity contribution in [2.45, 2.75) is 56.5 Å². The average Bonchev–Trinajstić information content (AvgIpc) is 3.39. The van der Waals surface area contributed by atoms with Crippen LogP contribution in [0.5, 0.6) is 0 Å². The maximum absolute atomic E-state index is 13.3. The van der Waals surface area contributed by atoms with Crippen LogP contribution in [-0.2, 0) is 10.3 Å². The second kappa shape index (κ2) is 8.27. The number of imidazole rings is 1. The SMILES string of the molecule is CN(C(=O)CCC1(c2ccc(Br)cc2)c2ccccc2-c2nccn21)C1CCCCC1.